The summed E-state index contributed by atoms with van der Waals surface area (Å²) in [5, 5.41) is 7.49. The van der Waals surface area contributed by atoms with Crippen molar-refractivity contribution in [1.82, 2.24) is 0 Å². The molecule has 0 saturated carbocycles. The van der Waals surface area contributed by atoms with Crippen LogP contribution in [0, 0.1) is 0 Å². The van der Waals surface area contributed by atoms with Gasteiger partial charge in [0.1, 0.15) is 11.2 Å². The van der Waals surface area contributed by atoms with Crippen molar-refractivity contribution in [1.29, 1.82) is 0 Å². The Balaban J connectivity index is 1.41. The maximum absolute atomic E-state index is 7.12. The maximum atomic E-state index is 7.12. The fourth-order valence-corrected chi connectivity index (χ4v) is 6.16. The van der Waals surface area contributed by atoms with E-state index >= 15 is 0 Å². The molecule has 194 valence electrons. The molecule has 0 saturated heterocycles. The number of benzene rings is 7. The van der Waals surface area contributed by atoms with Crippen molar-refractivity contribution in [2.75, 3.05) is 4.90 Å². The van der Waals surface area contributed by atoms with Crippen LogP contribution in [-0.4, -0.2) is 0 Å². The van der Waals surface area contributed by atoms with Gasteiger partial charge in [0.2, 0.25) is 0 Å². The van der Waals surface area contributed by atoms with Crippen LogP contribution >= 0.6 is 11.6 Å². The molecule has 0 atom stereocenters. The van der Waals surface area contributed by atoms with Gasteiger partial charge in [0, 0.05) is 28.2 Å². The Bertz CT molecular complexity index is 2230. The van der Waals surface area contributed by atoms with Crippen LogP contribution in [0.1, 0.15) is 0 Å². The normalized spacial score (nSPS) is 11.5. The van der Waals surface area contributed by atoms with E-state index in [-0.39, 0.29) is 0 Å². The average Bonchev–Trinajstić information content (AvgIpc) is 3.39. The van der Waals surface area contributed by atoms with Crippen LogP contribution < -0.4 is 4.90 Å². The molecule has 7 aromatic carbocycles. The Morgan fingerprint density at radius 1 is 0.463 bits per heavy atom. The predicted octanol–water partition coefficient (Wildman–Crippen LogP) is 11.7. The minimum absolute atomic E-state index is 0.624. The summed E-state index contributed by atoms with van der Waals surface area (Å²) in [4.78, 5) is 2.25. The number of halogens is 1. The van der Waals surface area contributed by atoms with Gasteiger partial charge in [-0.05, 0) is 69.1 Å². The minimum atomic E-state index is 0.624. The molecule has 8 aromatic rings. The molecular weight excluding hydrogens is 522 g/mol. The first-order valence-corrected chi connectivity index (χ1v) is 14.1. The Hall–Kier alpha value is -5.05. The first-order chi connectivity index (χ1) is 20.2. The zero-order valence-electron chi connectivity index (χ0n) is 22.1. The van der Waals surface area contributed by atoms with Gasteiger partial charge in [-0.15, -0.1) is 0 Å². The molecule has 1 heterocycles. The van der Waals surface area contributed by atoms with Crippen LogP contribution in [0.2, 0.25) is 5.02 Å². The van der Waals surface area contributed by atoms with E-state index in [4.69, 9.17) is 16.0 Å². The van der Waals surface area contributed by atoms with Gasteiger partial charge in [-0.1, -0.05) is 115 Å². The first kappa shape index (κ1) is 23.8. The van der Waals surface area contributed by atoms with E-state index < -0.39 is 0 Å². The molecule has 0 aliphatic rings. The van der Waals surface area contributed by atoms with Gasteiger partial charge in [0.15, 0.2) is 0 Å². The van der Waals surface area contributed by atoms with Gasteiger partial charge in [-0.3, -0.25) is 0 Å². The van der Waals surface area contributed by atoms with Crippen LogP contribution in [0.15, 0.2) is 150 Å². The number of nitrogens with zero attached hydrogens (tertiary/aromatic N) is 1. The summed E-state index contributed by atoms with van der Waals surface area (Å²) in [6.45, 7) is 0. The molecule has 0 fully saturated rings. The summed E-state index contributed by atoms with van der Waals surface area (Å²) < 4.78 is 6.32. The molecule has 1 aromatic heterocycles. The van der Waals surface area contributed by atoms with E-state index in [9.17, 15) is 0 Å². The standard InChI is InChI=1S/C38H24ClNO/c39-34-24-37-33(38-32-16-7-6-12-27(32)18-20-36(38)41-37)23-35(34)40(31-19-17-26-11-4-5-13-28(26)22-31)30-15-8-14-29(21-30)25-9-2-1-3-10-25/h1-24H. The zero-order valence-corrected chi connectivity index (χ0v) is 22.8. The van der Waals surface area contributed by atoms with Crippen molar-refractivity contribution >= 4 is 72.1 Å². The number of anilines is 3. The Morgan fingerprint density at radius 3 is 2.05 bits per heavy atom. The lowest BCUT2D eigenvalue weighted by molar-refractivity contribution is 0.669. The van der Waals surface area contributed by atoms with E-state index in [2.05, 4.69) is 138 Å². The SMILES string of the molecule is Clc1cc2oc3ccc4ccccc4c3c2cc1N(c1cccc(-c2ccccc2)c1)c1ccc2ccccc2c1. The Labute approximate surface area is 242 Å². The topological polar surface area (TPSA) is 16.4 Å². The molecule has 0 unspecified atom stereocenters. The molecule has 0 spiro atoms. The lowest BCUT2D eigenvalue weighted by atomic mass is 10.0. The second kappa shape index (κ2) is 9.55. The summed E-state index contributed by atoms with van der Waals surface area (Å²) >= 11 is 7.12. The van der Waals surface area contributed by atoms with Crippen LogP contribution in [0.4, 0.5) is 17.1 Å². The Kier molecular flexibility index (Phi) is 5.54. The summed E-state index contributed by atoms with van der Waals surface area (Å²) in [5.74, 6) is 0. The lowest BCUT2D eigenvalue weighted by Gasteiger charge is -2.27. The fourth-order valence-electron chi connectivity index (χ4n) is 5.93. The number of fused-ring (bicyclic) bond motifs is 6. The fraction of sp³-hybridized carbons (Fsp3) is 0. The summed E-state index contributed by atoms with van der Waals surface area (Å²) in [6.07, 6.45) is 0. The summed E-state index contributed by atoms with van der Waals surface area (Å²) in [7, 11) is 0. The third-order valence-corrected chi connectivity index (χ3v) is 8.18. The van der Waals surface area contributed by atoms with Crippen molar-refractivity contribution in [2.45, 2.75) is 0 Å². The highest BCUT2D eigenvalue weighted by Crippen LogP contribution is 2.45. The molecule has 8 rings (SSSR count). The molecule has 2 nitrogen and oxygen atoms in total. The third-order valence-electron chi connectivity index (χ3n) is 7.87. The third kappa shape index (κ3) is 4.04. The van der Waals surface area contributed by atoms with E-state index in [1.165, 1.54) is 27.1 Å². The highest BCUT2D eigenvalue weighted by molar-refractivity contribution is 6.35. The van der Waals surface area contributed by atoms with E-state index in [1.807, 2.05) is 12.1 Å². The van der Waals surface area contributed by atoms with Gasteiger partial charge < -0.3 is 9.32 Å². The largest absolute Gasteiger partial charge is 0.456 e. The highest BCUT2D eigenvalue weighted by Gasteiger charge is 2.20. The minimum Gasteiger partial charge on any atom is -0.456 e. The van der Waals surface area contributed by atoms with Crippen molar-refractivity contribution in [3.63, 3.8) is 0 Å². The zero-order chi connectivity index (χ0) is 27.3. The molecule has 0 N–H and O–H groups in total. The maximum Gasteiger partial charge on any atom is 0.137 e. The first-order valence-electron chi connectivity index (χ1n) is 13.7. The van der Waals surface area contributed by atoms with Gasteiger partial charge in [0.25, 0.3) is 0 Å². The molecular formula is C38H24ClNO. The lowest BCUT2D eigenvalue weighted by Crippen LogP contribution is -2.10. The highest BCUT2D eigenvalue weighted by atomic mass is 35.5. The molecule has 41 heavy (non-hydrogen) atoms. The summed E-state index contributed by atoms with van der Waals surface area (Å²) in [6, 6.07) is 50.9. The van der Waals surface area contributed by atoms with Crippen LogP contribution in [0.5, 0.6) is 0 Å². The molecule has 0 radical (unpaired) electrons. The molecule has 0 bridgehead atoms. The smallest absolute Gasteiger partial charge is 0.137 e. The molecule has 0 aliphatic heterocycles. The number of hydrogen-bond donors (Lipinski definition) is 0. The monoisotopic (exact) mass is 545 g/mol. The van der Waals surface area contributed by atoms with E-state index in [0.717, 1.165) is 44.6 Å². The van der Waals surface area contributed by atoms with E-state index in [1.54, 1.807) is 0 Å². The van der Waals surface area contributed by atoms with Gasteiger partial charge in [-0.2, -0.15) is 0 Å². The predicted molar refractivity (Wildman–Crippen MR) is 174 cm³/mol. The quantitative estimate of drug-likeness (QED) is 0.218. The van der Waals surface area contributed by atoms with E-state index in [0.29, 0.717) is 5.02 Å². The second-order valence-electron chi connectivity index (χ2n) is 10.3. The van der Waals surface area contributed by atoms with Crippen LogP contribution in [0.25, 0.3) is 54.6 Å². The number of furan rings is 1. The van der Waals surface area contributed by atoms with Gasteiger partial charge in [-0.25, -0.2) is 0 Å². The van der Waals surface area contributed by atoms with Gasteiger partial charge >= 0.3 is 0 Å². The average molecular weight is 546 g/mol. The van der Waals surface area contributed by atoms with Crippen molar-refractivity contribution in [3.8, 4) is 11.1 Å². The van der Waals surface area contributed by atoms with Crippen molar-refractivity contribution in [3.05, 3.63) is 151 Å². The number of rotatable bonds is 4. The second-order valence-corrected chi connectivity index (χ2v) is 10.8. The van der Waals surface area contributed by atoms with Crippen LogP contribution in [0.3, 0.4) is 0 Å². The van der Waals surface area contributed by atoms with Crippen molar-refractivity contribution < 1.29 is 4.42 Å². The van der Waals surface area contributed by atoms with Gasteiger partial charge in [0.05, 0.1) is 10.7 Å². The van der Waals surface area contributed by atoms with Crippen molar-refractivity contribution in [2.24, 2.45) is 0 Å². The Morgan fingerprint density at radius 2 is 1.17 bits per heavy atom. The molecule has 0 amide bonds. The van der Waals surface area contributed by atoms with Crippen LogP contribution in [-0.2, 0) is 0 Å². The summed E-state index contributed by atoms with van der Waals surface area (Å²) in [5.41, 5.74) is 6.91. The molecule has 3 heteroatoms. The molecule has 0 aliphatic carbocycles. The number of hydrogen-bond acceptors (Lipinski definition) is 2.